The lowest BCUT2D eigenvalue weighted by atomic mass is 10.2. The third-order valence-electron chi connectivity index (χ3n) is 2.89. The highest BCUT2D eigenvalue weighted by atomic mass is 35.5. The first kappa shape index (κ1) is 18.5. The number of amides is 1. The van der Waals surface area contributed by atoms with E-state index in [2.05, 4.69) is 24.1 Å². The molecule has 0 saturated carbocycles. The maximum absolute atomic E-state index is 12.1. The van der Waals surface area contributed by atoms with Crippen molar-refractivity contribution in [1.82, 2.24) is 10.2 Å². The summed E-state index contributed by atoms with van der Waals surface area (Å²) in [5.74, 6) is 6.26. The maximum Gasteiger partial charge on any atom is 0.240 e. The van der Waals surface area contributed by atoms with Gasteiger partial charge in [0.15, 0.2) is 0 Å². The summed E-state index contributed by atoms with van der Waals surface area (Å²) in [5.41, 5.74) is 0.980. The highest BCUT2D eigenvalue weighted by molar-refractivity contribution is 5.85. The molecule has 0 radical (unpaired) electrons. The fraction of sp³-hybridized carbons (Fsp3) is 0.438. The molecule has 0 aliphatic heterocycles. The van der Waals surface area contributed by atoms with E-state index in [9.17, 15) is 4.79 Å². The summed E-state index contributed by atoms with van der Waals surface area (Å²) in [5, 5.41) is 2.97. The normalized spacial score (nSPS) is 10.8. The van der Waals surface area contributed by atoms with Crippen molar-refractivity contribution in [3.63, 3.8) is 0 Å². The van der Waals surface area contributed by atoms with Crippen molar-refractivity contribution in [2.45, 2.75) is 26.3 Å². The van der Waals surface area contributed by atoms with E-state index in [1.807, 2.05) is 37.3 Å². The number of benzene rings is 1. The van der Waals surface area contributed by atoms with Crippen LogP contribution in [0.5, 0.6) is 0 Å². The number of hydrogen-bond acceptors (Lipinski definition) is 2. The number of carbonyl (C=O) groups is 1. The van der Waals surface area contributed by atoms with Crippen LogP contribution in [0.4, 0.5) is 0 Å². The molecule has 0 aliphatic rings. The molecule has 20 heavy (non-hydrogen) atoms. The van der Waals surface area contributed by atoms with E-state index < -0.39 is 0 Å². The largest absolute Gasteiger partial charge is 0.330 e. The lowest BCUT2D eigenvalue weighted by molar-refractivity contribution is -0.132. The third kappa shape index (κ3) is 6.10. The molecule has 0 unspecified atom stereocenters. The standard InChI is InChI=1S/C16H22N2O.ClH/c1-4-12-18(16(19)14(2)17-3)13-8-11-15-9-6-5-7-10-15;/h5-7,9-10,14,17H,4,12-13H2,1-3H3;1H/t14-;/m0./s1. The van der Waals surface area contributed by atoms with Gasteiger partial charge in [0.25, 0.3) is 0 Å². The molecule has 0 saturated heterocycles. The van der Waals surface area contributed by atoms with Gasteiger partial charge in [0, 0.05) is 12.1 Å². The predicted octanol–water partition coefficient (Wildman–Crippen LogP) is 2.31. The van der Waals surface area contributed by atoms with Crippen LogP contribution < -0.4 is 5.32 Å². The summed E-state index contributed by atoms with van der Waals surface area (Å²) in [6, 6.07) is 9.66. The molecular formula is C16H23ClN2O. The van der Waals surface area contributed by atoms with Crippen molar-refractivity contribution in [2.24, 2.45) is 0 Å². The Labute approximate surface area is 128 Å². The molecule has 0 bridgehead atoms. The summed E-state index contributed by atoms with van der Waals surface area (Å²) in [7, 11) is 1.79. The highest BCUT2D eigenvalue weighted by Crippen LogP contribution is 1.98. The van der Waals surface area contributed by atoms with Crippen LogP contribution in [0.1, 0.15) is 25.8 Å². The van der Waals surface area contributed by atoms with Gasteiger partial charge >= 0.3 is 0 Å². The first-order chi connectivity index (χ1) is 9.19. The molecule has 1 atom stereocenters. The summed E-state index contributed by atoms with van der Waals surface area (Å²) < 4.78 is 0. The van der Waals surface area contributed by atoms with Gasteiger partial charge in [-0.05, 0) is 32.5 Å². The Morgan fingerprint density at radius 3 is 2.55 bits per heavy atom. The molecule has 4 heteroatoms. The first-order valence-electron chi connectivity index (χ1n) is 6.69. The molecule has 1 aromatic carbocycles. The van der Waals surface area contributed by atoms with Crippen molar-refractivity contribution in [3.8, 4) is 11.8 Å². The maximum atomic E-state index is 12.1. The Balaban J connectivity index is 0.00000361. The third-order valence-corrected chi connectivity index (χ3v) is 2.89. The Hall–Kier alpha value is -1.50. The van der Waals surface area contributed by atoms with Crippen LogP contribution in [0.15, 0.2) is 30.3 Å². The second-order valence-corrected chi connectivity index (χ2v) is 4.44. The van der Waals surface area contributed by atoms with Crippen LogP contribution in [-0.2, 0) is 4.79 Å². The zero-order valence-corrected chi connectivity index (χ0v) is 13.2. The van der Waals surface area contributed by atoms with E-state index in [0.717, 1.165) is 18.5 Å². The minimum atomic E-state index is -0.162. The zero-order chi connectivity index (χ0) is 14.1. The fourth-order valence-corrected chi connectivity index (χ4v) is 1.69. The van der Waals surface area contributed by atoms with Gasteiger partial charge in [-0.3, -0.25) is 4.79 Å². The molecule has 0 spiro atoms. The molecular weight excluding hydrogens is 272 g/mol. The van der Waals surface area contributed by atoms with E-state index in [-0.39, 0.29) is 24.4 Å². The average molecular weight is 295 g/mol. The fourth-order valence-electron chi connectivity index (χ4n) is 1.69. The number of nitrogens with zero attached hydrogens (tertiary/aromatic N) is 1. The molecule has 0 fully saturated rings. The summed E-state index contributed by atoms with van der Waals surface area (Å²) in [6.45, 7) is 5.16. The smallest absolute Gasteiger partial charge is 0.240 e. The Bertz CT molecular complexity index is 451. The number of nitrogens with one attached hydrogen (secondary N) is 1. The highest BCUT2D eigenvalue weighted by Gasteiger charge is 2.17. The van der Waals surface area contributed by atoms with Gasteiger partial charge in [0.1, 0.15) is 0 Å². The Morgan fingerprint density at radius 2 is 2.00 bits per heavy atom. The molecule has 0 aromatic heterocycles. The number of rotatable bonds is 5. The monoisotopic (exact) mass is 294 g/mol. The first-order valence-corrected chi connectivity index (χ1v) is 6.69. The van der Waals surface area contributed by atoms with Crippen LogP contribution in [0.25, 0.3) is 0 Å². The minimum absolute atomic E-state index is 0. The van der Waals surface area contributed by atoms with Crippen molar-refractivity contribution in [1.29, 1.82) is 0 Å². The van der Waals surface area contributed by atoms with E-state index in [0.29, 0.717) is 6.54 Å². The zero-order valence-electron chi connectivity index (χ0n) is 12.3. The van der Waals surface area contributed by atoms with Crippen molar-refractivity contribution < 1.29 is 4.79 Å². The van der Waals surface area contributed by atoms with E-state index in [1.165, 1.54) is 0 Å². The van der Waals surface area contributed by atoms with Gasteiger partial charge in [0.05, 0.1) is 12.6 Å². The predicted molar refractivity (Wildman–Crippen MR) is 86.0 cm³/mol. The number of likely N-dealkylation sites (N-methyl/N-ethyl adjacent to an activating group) is 1. The molecule has 1 amide bonds. The van der Waals surface area contributed by atoms with Gasteiger partial charge < -0.3 is 10.2 Å². The van der Waals surface area contributed by atoms with Gasteiger partial charge in [-0.1, -0.05) is 37.0 Å². The van der Waals surface area contributed by atoms with Gasteiger partial charge in [-0.25, -0.2) is 0 Å². The number of halogens is 1. The molecule has 0 heterocycles. The molecule has 1 aromatic rings. The van der Waals surface area contributed by atoms with E-state index >= 15 is 0 Å². The van der Waals surface area contributed by atoms with E-state index in [1.54, 1.807) is 11.9 Å². The Morgan fingerprint density at radius 1 is 1.35 bits per heavy atom. The van der Waals surface area contributed by atoms with Crippen LogP contribution in [-0.4, -0.2) is 37.0 Å². The van der Waals surface area contributed by atoms with E-state index in [4.69, 9.17) is 0 Å². The van der Waals surface area contributed by atoms with Crippen molar-refractivity contribution in [3.05, 3.63) is 35.9 Å². The van der Waals surface area contributed by atoms with Crippen molar-refractivity contribution >= 4 is 18.3 Å². The number of carbonyl (C=O) groups excluding carboxylic acids is 1. The summed E-state index contributed by atoms with van der Waals surface area (Å²) >= 11 is 0. The molecule has 110 valence electrons. The van der Waals surface area contributed by atoms with Crippen LogP contribution >= 0.6 is 12.4 Å². The van der Waals surface area contributed by atoms with Crippen LogP contribution in [0.3, 0.4) is 0 Å². The van der Waals surface area contributed by atoms with Crippen LogP contribution in [0.2, 0.25) is 0 Å². The quantitative estimate of drug-likeness (QED) is 0.845. The molecule has 1 rings (SSSR count). The molecule has 0 aliphatic carbocycles. The van der Waals surface area contributed by atoms with Gasteiger partial charge in [0.2, 0.25) is 5.91 Å². The SMILES string of the molecule is CCCN(CC#Cc1ccccc1)C(=O)[C@H](C)NC.Cl. The van der Waals surface area contributed by atoms with Crippen LogP contribution in [0, 0.1) is 11.8 Å². The lowest BCUT2D eigenvalue weighted by Gasteiger charge is -2.23. The summed E-state index contributed by atoms with van der Waals surface area (Å²) in [4.78, 5) is 13.9. The minimum Gasteiger partial charge on any atom is -0.330 e. The second kappa shape index (κ2) is 10.3. The van der Waals surface area contributed by atoms with Gasteiger partial charge in [-0.15, -0.1) is 12.4 Å². The van der Waals surface area contributed by atoms with Gasteiger partial charge in [-0.2, -0.15) is 0 Å². The Kier molecular flexibility index (Phi) is 9.53. The molecule has 3 nitrogen and oxygen atoms in total. The topological polar surface area (TPSA) is 32.3 Å². The average Bonchev–Trinajstić information content (AvgIpc) is 2.46. The van der Waals surface area contributed by atoms with Crippen molar-refractivity contribution in [2.75, 3.05) is 20.1 Å². The second-order valence-electron chi connectivity index (χ2n) is 4.44. The molecule has 1 N–H and O–H groups in total. The summed E-state index contributed by atoms with van der Waals surface area (Å²) in [6.07, 6.45) is 0.940. The lowest BCUT2D eigenvalue weighted by Crippen LogP contribution is -2.44. The number of hydrogen-bond donors (Lipinski definition) is 1.